The Morgan fingerprint density at radius 2 is 1.78 bits per heavy atom. The summed E-state index contributed by atoms with van der Waals surface area (Å²) in [7, 11) is 3.16. The number of carbonyl (C=O) groups is 1. The topological polar surface area (TPSA) is 69.2 Å². The number of amides is 1. The van der Waals surface area contributed by atoms with Gasteiger partial charge >= 0.3 is 0 Å². The van der Waals surface area contributed by atoms with Gasteiger partial charge in [-0.3, -0.25) is 4.79 Å². The summed E-state index contributed by atoms with van der Waals surface area (Å²) < 4.78 is 17.1. The molecule has 2 aromatic rings. The molecule has 0 unspecified atom stereocenters. The Labute approximate surface area is 167 Å². The molecule has 144 valence electrons. The lowest BCUT2D eigenvalue weighted by Gasteiger charge is -2.14. The van der Waals surface area contributed by atoms with Crippen LogP contribution in [0, 0.1) is 0 Å². The lowest BCUT2D eigenvalue weighted by Crippen LogP contribution is -2.21. The van der Waals surface area contributed by atoms with Gasteiger partial charge in [0.2, 0.25) is 0 Å². The van der Waals surface area contributed by atoms with E-state index in [0.717, 1.165) is 10.0 Å². The van der Waals surface area contributed by atoms with Crippen molar-refractivity contribution in [3.05, 3.63) is 52.0 Å². The molecule has 0 aromatic heterocycles. The van der Waals surface area contributed by atoms with Gasteiger partial charge in [0.15, 0.2) is 0 Å². The highest BCUT2D eigenvalue weighted by atomic mass is 79.9. The monoisotopic (exact) mass is 434 g/mol. The van der Waals surface area contributed by atoms with Crippen LogP contribution >= 0.6 is 15.9 Å². The highest BCUT2D eigenvalue weighted by molar-refractivity contribution is 9.10. The lowest BCUT2D eigenvalue weighted by molar-refractivity contribution is 0.0949. The van der Waals surface area contributed by atoms with E-state index in [-0.39, 0.29) is 12.0 Å². The largest absolute Gasteiger partial charge is 0.497 e. The van der Waals surface area contributed by atoms with Crippen LogP contribution in [0.2, 0.25) is 0 Å². The van der Waals surface area contributed by atoms with Crippen molar-refractivity contribution in [1.29, 1.82) is 0 Å². The highest BCUT2D eigenvalue weighted by Gasteiger charge is 2.15. The fourth-order valence-electron chi connectivity index (χ4n) is 2.39. The number of carbonyl (C=O) groups excluding carboxylic acids is 1. The summed E-state index contributed by atoms with van der Waals surface area (Å²) in [6, 6.07) is 10.7. The predicted octanol–water partition coefficient (Wildman–Crippen LogP) is 4.41. The second-order valence-corrected chi connectivity index (χ2v) is 6.93. The first-order valence-electron chi connectivity index (χ1n) is 8.39. The highest BCUT2D eigenvalue weighted by Crippen LogP contribution is 2.26. The number of hydrazone groups is 1. The molecule has 0 spiro atoms. The van der Waals surface area contributed by atoms with Crippen molar-refractivity contribution < 1.29 is 19.0 Å². The SMILES string of the molecule is COc1ccc(C(C)=NNC(=O)c2cc(Br)ccc2OC(C)C)c(OC)c1. The fourth-order valence-corrected chi connectivity index (χ4v) is 2.75. The van der Waals surface area contributed by atoms with Gasteiger partial charge in [-0.15, -0.1) is 0 Å². The molecule has 0 radical (unpaired) electrons. The number of benzene rings is 2. The molecule has 0 aliphatic rings. The second kappa shape index (κ2) is 9.41. The minimum Gasteiger partial charge on any atom is -0.497 e. The van der Waals surface area contributed by atoms with Gasteiger partial charge in [0, 0.05) is 16.1 Å². The number of nitrogens with zero attached hydrogens (tertiary/aromatic N) is 1. The van der Waals surface area contributed by atoms with E-state index >= 15 is 0 Å². The van der Waals surface area contributed by atoms with E-state index in [1.165, 1.54) is 0 Å². The summed E-state index contributed by atoms with van der Waals surface area (Å²) in [5.74, 6) is 1.42. The molecule has 0 atom stereocenters. The van der Waals surface area contributed by atoms with Crippen molar-refractivity contribution in [3.8, 4) is 17.2 Å². The Balaban J connectivity index is 2.25. The van der Waals surface area contributed by atoms with Gasteiger partial charge in [-0.1, -0.05) is 15.9 Å². The number of hydrogen-bond donors (Lipinski definition) is 1. The maximum atomic E-state index is 12.6. The van der Waals surface area contributed by atoms with Crippen LogP contribution in [0.1, 0.15) is 36.7 Å². The molecule has 2 aromatic carbocycles. The first kappa shape index (κ1) is 20.8. The standard InChI is InChI=1S/C20H23BrN2O4/c1-12(2)27-18-9-6-14(21)10-17(18)20(24)23-22-13(3)16-8-7-15(25-4)11-19(16)26-5/h6-12H,1-5H3,(H,23,24). The van der Waals surface area contributed by atoms with Crippen molar-refractivity contribution in [2.24, 2.45) is 5.10 Å². The zero-order valence-corrected chi connectivity index (χ0v) is 17.6. The summed E-state index contributed by atoms with van der Waals surface area (Å²) in [5.41, 5.74) is 4.34. The van der Waals surface area contributed by atoms with Crippen LogP contribution < -0.4 is 19.6 Å². The van der Waals surface area contributed by atoms with E-state index in [0.29, 0.717) is 28.5 Å². The normalized spacial score (nSPS) is 11.3. The molecule has 0 saturated carbocycles. The minimum atomic E-state index is -0.362. The summed E-state index contributed by atoms with van der Waals surface area (Å²) in [5, 5.41) is 4.21. The van der Waals surface area contributed by atoms with Gasteiger partial charge in [0.25, 0.3) is 5.91 Å². The van der Waals surface area contributed by atoms with Crippen LogP contribution in [0.4, 0.5) is 0 Å². The summed E-state index contributed by atoms with van der Waals surface area (Å²) in [4.78, 5) is 12.6. The third-order valence-corrected chi connectivity index (χ3v) is 4.17. The molecule has 1 N–H and O–H groups in total. The number of ether oxygens (including phenoxy) is 3. The zero-order valence-electron chi connectivity index (χ0n) is 16.0. The number of rotatable bonds is 7. The van der Waals surface area contributed by atoms with Gasteiger partial charge in [0.1, 0.15) is 17.2 Å². The molecule has 27 heavy (non-hydrogen) atoms. The number of hydrogen-bond acceptors (Lipinski definition) is 5. The zero-order chi connectivity index (χ0) is 20.0. The van der Waals surface area contributed by atoms with Crippen molar-refractivity contribution in [2.45, 2.75) is 26.9 Å². The van der Waals surface area contributed by atoms with E-state index in [4.69, 9.17) is 14.2 Å². The Morgan fingerprint density at radius 1 is 1.04 bits per heavy atom. The molecule has 1 amide bonds. The Morgan fingerprint density at radius 3 is 2.41 bits per heavy atom. The molecule has 7 heteroatoms. The summed E-state index contributed by atoms with van der Waals surface area (Å²) in [6.45, 7) is 5.60. The molecule has 0 saturated heterocycles. The third-order valence-electron chi connectivity index (χ3n) is 3.67. The van der Waals surface area contributed by atoms with Gasteiger partial charge in [-0.25, -0.2) is 5.43 Å². The van der Waals surface area contributed by atoms with Crippen LogP contribution in [0.25, 0.3) is 0 Å². The van der Waals surface area contributed by atoms with Crippen molar-refractivity contribution >= 4 is 27.5 Å². The fraction of sp³-hybridized carbons (Fsp3) is 0.300. The Hall–Kier alpha value is -2.54. The third kappa shape index (κ3) is 5.47. The van der Waals surface area contributed by atoms with Crippen LogP contribution in [-0.4, -0.2) is 31.9 Å². The second-order valence-electron chi connectivity index (χ2n) is 6.01. The average molecular weight is 435 g/mol. The Bertz CT molecular complexity index is 850. The molecular formula is C20H23BrN2O4. The van der Waals surface area contributed by atoms with Crippen molar-refractivity contribution in [1.82, 2.24) is 5.43 Å². The predicted molar refractivity (Wildman–Crippen MR) is 109 cm³/mol. The number of methoxy groups -OCH3 is 2. The summed E-state index contributed by atoms with van der Waals surface area (Å²) >= 11 is 3.38. The maximum Gasteiger partial charge on any atom is 0.275 e. The van der Waals surface area contributed by atoms with Gasteiger partial charge in [-0.05, 0) is 51.1 Å². The quantitative estimate of drug-likeness (QED) is 0.517. The van der Waals surface area contributed by atoms with E-state index in [9.17, 15) is 4.79 Å². The average Bonchev–Trinajstić information content (AvgIpc) is 2.66. The number of nitrogens with one attached hydrogen (secondary N) is 1. The van der Waals surface area contributed by atoms with E-state index in [2.05, 4.69) is 26.5 Å². The smallest absolute Gasteiger partial charge is 0.275 e. The lowest BCUT2D eigenvalue weighted by atomic mass is 10.1. The first-order valence-corrected chi connectivity index (χ1v) is 9.18. The maximum absolute atomic E-state index is 12.6. The van der Waals surface area contributed by atoms with Crippen molar-refractivity contribution in [2.75, 3.05) is 14.2 Å². The molecule has 2 rings (SSSR count). The van der Waals surface area contributed by atoms with Gasteiger partial charge in [-0.2, -0.15) is 5.10 Å². The molecule has 0 aliphatic carbocycles. The number of halogens is 1. The Kier molecular flexibility index (Phi) is 7.24. The van der Waals surface area contributed by atoms with E-state index in [1.54, 1.807) is 39.3 Å². The van der Waals surface area contributed by atoms with Gasteiger partial charge < -0.3 is 14.2 Å². The van der Waals surface area contributed by atoms with Gasteiger partial charge in [0.05, 0.1) is 31.6 Å². The van der Waals surface area contributed by atoms with E-state index < -0.39 is 0 Å². The minimum absolute atomic E-state index is 0.0495. The van der Waals surface area contributed by atoms with Crippen LogP contribution in [-0.2, 0) is 0 Å². The van der Waals surface area contributed by atoms with Crippen molar-refractivity contribution in [3.63, 3.8) is 0 Å². The van der Waals surface area contributed by atoms with Crippen LogP contribution in [0.15, 0.2) is 46.0 Å². The summed E-state index contributed by atoms with van der Waals surface area (Å²) in [6.07, 6.45) is -0.0495. The molecular weight excluding hydrogens is 412 g/mol. The molecule has 0 aliphatic heterocycles. The molecule has 6 nitrogen and oxygen atoms in total. The van der Waals surface area contributed by atoms with Crippen LogP contribution in [0.3, 0.4) is 0 Å². The molecule has 0 fully saturated rings. The molecule has 0 heterocycles. The first-order chi connectivity index (χ1) is 12.8. The van der Waals surface area contributed by atoms with E-state index in [1.807, 2.05) is 32.0 Å². The molecule has 0 bridgehead atoms. The van der Waals surface area contributed by atoms with Crippen LogP contribution in [0.5, 0.6) is 17.2 Å².